The normalized spacial score (nSPS) is 30.6. The number of carboxylic acids is 1. The molecule has 1 saturated heterocycles. The van der Waals surface area contributed by atoms with Gasteiger partial charge in [0.05, 0.1) is 0 Å². The summed E-state index contributed by atoms with van der Waals surface area (Å²) in [6.07, 6.45) is 2.55. The average molecular weight is 171 g/mol. The van der Waals surface area contributed by atoms with E-state index in [0.29, 0.717) is 12.8 Å². The quantitative estimate of drug-likeness (QED) is 0.604. The Hall–Kier alpha value is -1.06. The summed E-state index contributed by atoms with van der Waals surface area (Å²) < 4.78 is 0. The van der Waals surface area contributed by atoms with Crippen LogP contribution in [-0.4, -0.2) is 22.5 Å². The maximum absolute atomic E-state index is 11.0. The van der Waals surface area contributed by atoms with Crippen LogP contribution in [-0.2, 0) is 9.59 Å². The van der Waals surface area contributed by atoms with E-state index in [9.17, 15) is 9.59 Å². The van der Waals surface area contributed by atoms with Gasteiger partial charge in [0.15, 0.2) is 0 Å². The van der Waals surface area contributed by atoms with Gasteiger partial charge in [-0.2, -0.15) is 0 Å². The molecule has 0 aliphatic carbocycles. The van der Waals surface area contributed by atoms with Crippen molar-refractivity contribution in [2.45, 2.75) is 38.1 Å². The summed E-state index contributed by atoms with van der Waals surface area (Å²) in [5, 5.41) is 11.3. The summed E-state index contributed by atoms with van der Waals surface area (Å²) in [7, 11) is 0. The summed E-state index contributed by atoms with van der Waals surface area (Å²) in [5.41, 5.74) is -1.05. The molecule has 2 N–H and O–H groups in total. The third-order valence-corrected chi connectivity index (χ3v) is 2.22. The zero-order valence-electron chi connectivity index (χ0n) is 7.09. The van der Waals surface area contributed by atoms with Crippen molar-refractivity contribution in [3.05, 3.63) is 0 Å². The van der Waals surface area contributed by atoms with Crippen molar-refractivity contribution in [1.82, 2.24) is 5.32 Å². The van der Waals surface area contributed by atoms with Gasteiger partial charge in [-0.25, -0.2) is 4.79 Å². The summed E-state index contributed by atoms with van der Waals surface area (Å²) >= 11 is 0. The summed E-state index contributed by atoms with van der Waals surface area (Å²) in [6, 6.07) is 0. The Morgan fingerprint density at radius 2 is 2.25 bits per heavy atom. The minimum absolute atomic E-state index is 0.155. The van der Waals surface area contributed by atoms with Crippen LogP contribution in [0.5, 0.6) is 0 Å². The van der Waals surface area contributed by atoms with E-state index in [0.717, 1.165) is 12.8 Å². The molecule has 1 aliphatic rings. The standard InChI is InChI=1S/C8H13NO3/c1-8(7(11)12)5-3-2-4-6(10)9-8/h2-5H2,1H3,(H,9,10)(H,11,12)/t8-/m1/s1. The minimum atomic E-state index is -1.05. The van der Waals surface area contributed by atoms with E-state index in [1.165, 1.54) is 0 Å². The largest absolute Gasteiger partial charge is 0.480 e. The smallest absolute Gasteiger partial charge is 0.329 e. The number of carbonyl (C=O) groups excluding carboxylic acids is 1. The van der Waals surface area contributed by atoms with Crippen LogP contribution in [0.25, 0.3) is 0 Å². The zero-order chi connectivity index (χ0) is 9.19. The Labute approximate surface area is 71.0 Å². The van der Waals surface area contributed by atoms with Crippen LogP contribution < -0.4 is 5.32 Å². The molecule has 1 fully saturated rings. The van der Waals surface area contributed by atoms with Crippen LogP contribution in [0.1, 0.15) is 32.6 Å². The molecule has 0 spiro atoms. The van der Waals surface area contributed by atoms with Gasteiger partial charge in [-0.05, 0) is 19.8 Å². The molecule has 1 amide bonds. The van der Waals surface area contributed by atoms with E-state index < -0.39 is 11.5 Å². The first-order valence-electron chi connectivity index (χ1n) is 4.09. The van der Waals surface area contributed by atoms with E-state index in [4.69, 9.17) is 5.11 Å². The number of carbonyl (C=O) groups is 2. The molecule has 4 nitrogen and oxygen atoms in total. The van der Waals surface area contributed by atoms with Crippen molar-refractivity contribution in [2.24, 2.45) is 0 Å². The molecule has 68 valence electrons. The fourth-order valence-corrected chi connectivity index (χ4v) is 1.36. The Balaban J connectivity index is 2.74. The maximum atomic E-state index is 11.0. The molecule has 0 bridgehead atoms. The molecule has 4 heteroatoms. The lowest BCUT2D eigenvalue weighted by Gasteiger charge is -2.23. The highest BCUT2D eigenvalue weighted by atomic mass is 16.4. The molecule has 0 aromatic carbocycles. The Kier molecular flexibility index (Phi) is 2.35. The molecular weight excluding hydrogens is 158 g/mol. The monoisotopic (exact) mass is 171 g/mol. The lowest BCUT2D eigenvalue weighted by atomic mass is 9.97. The second-order valence-electron chi connectivity index (χ2n) is 3.39. The lowest BCUT2D eigenvalue weighted by Crippen LogP contribution is -2.50. The van der Waals surface area contributed by atoms with E-state index in [2.05, 4.69) is 5.32 Å². The predicted octanol–water partition coefficient (Wildman–Crippen LogP) is 0.520. The van der Waals surface area contributed by atoms with Gasteiger partial charge < -0.3 is 10.4 Å². The maximum Gasteiger partial charge on any atom is 0.329 e. The topological polar surface area (TPSA) is 66.4 Å². The first-order chi connectivity index (χ1) is 5.54. The van der Waals surface area contributed by atoms with Gasteiger partial charge in [0, 0.05) is 6.42 Å². The number of hydrogen-bond donors (Lipinski definition) is 2. The number of nitrogens with one attached hydrogen (secondary N) is 1. The van der Waals surface area contributed by atoms with Crippen LogP contribution >= 0.6 is 0 Å². The summed E-state index contributed by atoms with van der Waals surface area (Å²) in [6.45, 7) is 1.55. The minimum Gasteiger partial charge on any atom is -0.480 e. The number of amides is 1. The summed E-state index contributed by atoms with van der Waals surface area (Å²) in [5.74, 6) is -1.10. The molecule has 1 heterocycles. The number of rotatable bonds is 1. The molecule has 0 unspecified atom stereocenters. The van der Waals surface area contributed by atoms with E-state index >= 15 is 0 Å². The van der Waals surface area contributed by atoms with Crippen LogP contribution in [0.3, 0.4) is 0 Å². The van der Waals surface area contributed by atoms with E-state index in [1.807, 2.05) is 0 Å². The van der Waals surface area contributed by atoms with E-state index in [1.54, 1.807) is 6.92 Å². The Morgan fingerprint density at radius 3 is 2.83 bits per heavy atom. The number of carboxylic acid groups (broad SMARTS) is 1. The van der Waals surface area contributed by atoms with Gasteiger partial charge in [-0.1, -0.05) is 6.42 Å². The third kappa shape index (κ3) is 1.75. The molecular formula is C8H13NO3. The number of aliphatic carboxylic acids is 1. The zero-order valence-corrected chi connectivity index (χ0v) is 7.09. The second kappa shape index (κ2) is 3.13. The Morgan fingerprint density at radius 1 is 1.58 bits per heavy atom. The highest BCUT2D eigenvalue weighted by Crippen LogP contribution is 2.18. The average Bonchev–Trinajstić information content (AvgIpc) is 2.12. The van der Waals surface area contributed by atoms with Gasteiger partial charge >= 0.3 is 5.97 Å². The second-order valence-corrected chi connectivity index (χ2v) is 3.39. The fraction of sp³-hybridized carbons (Fsp3) is 0.750. The summed E-state index contributed by atoms with van der Waals surface area (Å²) in [4.78, 5) is 21.8. The van der Waals surface area contributed by atoms with Crippen molar-refractivity contribution < 1.29 is 14.7 Å². The van der Waals surface area contributed by atoms with Crippen molar-refractivity contribution in [2.75, 3.05) is 0 Å². The first-order valence-corrected chi connectivity index (χ1v) is 4.09. The predicted molar refractivity (Wildman–Crippen MR) is 42.7 cm³/mol. The van der Waals surface area contributed by atoms with E-state index in [-0.39, 0.29) is 5.91 Å². The SMILES string of the molecule is C[C@]1(C(=O)O)CCCCC(=O)N1. The van der Waals surface area contributed by atoms with Crippen molar-refractivity contribution in [3.63, 3.8) is 0 Å². The third-order valence-electron chi connectivity index (χ3n) is 2.22. The Bertz CT molecular complexity index is 214. The van der Waals surface area contributed by atoms with Gasteiger partial charge in [-0.3, -0.25) is 4.79 Å². The van der Waals surface area contributed by atoms with Crippen molar-refractivity contribution in [1.29, 1.82) is 0 Å². The van der Waals surface area contributed by atoms with Gasteiger partial charge in [-0.15, -0.1) is 0 Å². The molecule has 0 aromatic heterocycles. The molecule has 0 aromatic rings. The molecule has 0 radical (unpaired) electrons. The highest BCUT2D eigenvalue weighted by molar-refractivity contribution is 5.86. The highest BCUT2D eigenvalue weighted by Gasteiger charge is 2.35. The van der Waals surface area contributed by atoms with Gasteiger partial charge in [0.1, 0.15) is 5.54 Å². The molecule has 0 saturated carbocycles. The fourth-order valence-electron chi connectivity index (χ4n) is 1.36. The molecule has 12 heavy (non-hydrogen) atoms. The van der Waals surface area contributed by atoms with Crippen LogP contribution in [0.4, 0.5) is 0 Å². The molecule has 1 rings (SSSR count). The lowest BCUT2D eigenvalue weighted by molar-refractivity contribution is -0.146. The van der Waals surface area contributed by atoms with Crippen molar-refractivity contribution >= 4 is 11.9 Å². The van der Waals surface area contributed by atoms with Crippen molar-refractivity contribution in [3.8, 4) is 0 Å². The molecule has 1 aliphatic heterocycles. The number of hydrogen-bond acceptors (Lipinski definition) is 2. The van der Waals surface area contributed by atoms with Crippen LogP contribution in [0.2, 0.25) is 0 Å². The van der Waals surface area contributed by atoms with Crippen LogP contribution in [0.15, 0.2) is 0 Å². The van der Waals surface area contributed by atoms with Crippen LogP contribution in [0, 0.1) is 0 Å². The van der Waals surface area contributed by atoms with Gasteiger partial charge in [0.25, 0.3) is 0 Å². The van der Waals surface area contributed by atoms with Gasteiger partial charge in [0.2, 0.25) is 5.91 Å². The molecule has 1 atom stereocenters. The first kappa shape index (κ1) is 9.03.